The average molecular weight is 1220 g/mol. The molecule has 1 saturated heterocycles. The van der Waals surface area contributed by atoms with Crippen LogP contribution >= 0.6 is 0 Å². The Labute approximate surface area is 509 Å². The molecule has 0 aliphatic carbocycles. The number of hydrogen-bond donors (Lipinski definition) is 12. The van der Waals surface area contributed by atoms with Gasteiger partial charge in [-0.05, 0) is 91.3 Å². The number of primary amides is 1. The van der Waals surface area contributed by atoms with Crippen molar-refractivity contribution >= 4 is 64.9 Å². The van der Waals surface area contributed by atoms with E-state index in [1.54, 1.807) is 78.9 Å². The van der Waals surface area contributed by atoms with Crippen molar-refractivity contribution in [1.82, 2.24) is 41.7 Å². The number of likely N-dealkylation sites (tertiary alicyclic amines) is 1. The monoisotopic (exact) mass is 1220 g/mol. The van der Waals surface area contributed by atoms with Crippen molar-refractivity contribution in [3.05, 3.63) is 137 Å². The van der Waals surface area contributed by atoms with Crippen molar-refractivity contribution < 1.29 is 73.2 Å². The maximum atomic E-state index is 14.6. The van der Waals surface area contributed by atoms with Gasteiger partial charge < -0.3 is 73.6 Å². The highest BCUT2D eigenvalue weighted by atomic mass is 16.4. The lowest BCUT2D eigenvalue weighted by atomic mass is 9.89. The number of nitrogens with one attached hydrogen (secondary N) is 6. The number of phenolic OH excluding ortho intramolecular Hbond substituents is 1. The van der Waals surface area contributed by atoms with E-state index in [2.05, 4.69) is 31.9 Å². The average Bonchev–Trinajstić information content (AvgIpc) is 4.16. The lowest BCUT2D eigenvalue weighted by Crippen LogP contribution is -2.61. The first kappa shape index (κ1) is 68.0. The molecule has 0 spiro atoms. The van der Waals surface area contributed by atoms with Gasteiger partial charge in [-0.15, -0.1) is 0 Å². The van der Waals surface area contributed by atoms with E-state index in [-0.39, 0.29) is 69.7 Å². The van der Waals surface area contributed by atoms with Gasteiger partial charge >= 0.3 is 5.97 Å². The number of carboxylic acid groups (broad SMARTS) is 1. The molecule has 2 heterocycles. The fraction of sp³-hybridized carbons (Fsp3) is 0.444. The van der Waals surface area contributed by atoms with Gasteiger partial charge in [0.2, 0.25) is 53.2 Å². The summed E-state index contributed by atoms with van der Waals surface area (Å²) in [6.45, 7) is 3.08. The molecule has 0 aromatic heterocycles. The van der Waals surface area contributed by atoms with Crippen LogP contribution in [-0.4, -0.2) is 169 Å². The summed E-state index contributed by atoms with van der Waals surface area (Å²) >= 11 is 0. The molecule has 0 bridgehead atoms. The zero-order valence-electron chi connectivity index (χ0n) is 49.5. The summed E-state index contributed by atoms with van der Waals surface area (Å²) in [7, 11) is 0. The van der Waals surface area contributed by atoms with E-state index >= 15 is 0 Å². The minimum Gasteiger partial charge on any atom is -0.508 e. The van der Waals surface area contributed by atoms with Crippen molar-refractivity contribution in [1.29, 1.82) is 0 Å². The number of ketones is 1. The molecule has 4 aromatic carbocycles. The van der Waals surface area contributed by atoms with Gasteiger partial charge in [0.15, 0.2) is 5.78 Å². The number of fused-ring (bicyclic) bond motifs is 1. The van der Waals surface area contributed by atoms with E-state index < -0.39 is 151 Å². The third kappa shape index (κ3) is 19.5. The summed E-state index contributed by atoms with van der Waals surface area (Å²) in [6.07, 6.45) is -0.439. The van der Waals surface area contributed by atoms with Crippen molar-refractivity contribution in [3.8, 4) is 5.75 Å². The van der Waals surface area contributed by atoms with Crippen molar-refractivity contribution in [2.24, 2.45) is 23.3 Å². The normalized spacial score (nSPS) is 17.3. The summed E-state index contributed by atoms with van der Waals surface area (Å²) < 4.78 is 0. The number of aliphatic hydroxyl groups is 2. The molecule has 10 atom stereocenters. The number of benzene rings is 4. The highest BCUT2D eigenvalue weighted by molar-refractivity contribution is 5.99. The van der Waals surface area contributed by atoms with Crippen LogP contribution in [0.25, 0.3) is 0 Å². The highest BCUT2D eigenvalue weighted by Gasteiger charge is 2.42. The lowest BCUT2D eigenvalue weighted by Gasteiger charge is -2.38. The number of Topliss-reactive ketones (excluding diaryl/α,β-unsaturated/α-hetero) is 1. The number of nitrogens with zero attached hydrogens (tertiary/aromatic N) is 2. The van der Waals surface area contributed by atoms with Crippen molar-refractivity contribution in [3.63, 3.8) is 0 Å². The molecule has 25 heteroatoms. The van der Waals surface area contributed by atoms with Crippen LogP contribution in [0.1, 0.15) is 87.1 Å². The minimum absolute atomic E-state index is 0.0255. The van der Waals surface area contributed by atoms with Gasteiger partial charge in [0.1, 0.15) is 54.1 Å². The van der Waals surface area contributed by atoms with Crippen LogP contribution in [0.4, 0.5) is 0 Å². The maximum absolute atomic E-state index is 14.6. The number of carbonyl (C=O) groups excluding carboxylic acids is 10. The van der Waals surface area contributed by atoms with Crippen LogP contribution in [0.3, 0.4) is 0 Å². The van der Waals surface area contributed by atoms with Gasteiger partial charge in [-0.25, -0.2) is 4.79 Å². The van der Waals surface area contributed by atoms with E-state index in [0.29, 0.717) is 28.7 Å². The van der Waals surface area contributed by atoms with Gasteiger partial charge in [-0.2, -0.15) is 0 Å². The molecular weight excluding hydrogens is 1140 g/mol. The summed E-state index contributed by atoms with van der Waals surface area (Å²) in [6, 6.07) is 18.2. The SMILES string of the molecule is CC(C)C[C@H](NC(=O)[C@@H](CC(=O)[C@H](N)Cc1ccc(O)cc1)Cc1ccccc1)C(=O)N1CCC[C@H]1C(=O)N[C@H](CO)C(=O)N[C@@H](CCC(N)=O)C(=O)N[C@@H](Cc1ccccc1)C(=O)N[C@H](C)C(=O)N1Cc2ccccc2C[C@H]1C(=O)N[C@@H](CO)C(=O)O. The topological polar surface area (TPSA) is 399 Å². The van der Waals surface area contributed by atoms with E-state index in [1.807, 2.05) is 32.0 Å². The molecule has 0 unspecified atom stereocenters. The number of aromatic hydroxyl groups is 1. The van der Waals surface area contributed by atoms with E-state index in [0.717, 1.165) is 5.56 Å². The molecule has 6 rings (SSSR count). The Kier molecular flexibility index (Phi) is 25.2. The lowest BCUT2D eigenvalue weighted by molar-refractivity contribution is -0.147. The Bertz CT molecular complexity index is 3110. The molecular formula is C63H80N10O15. The predicted molar refractivity (Wildman–Crippen MR) is 319 cm³/mol. The van der Waals surface area contributed by atoms with E-state index in [4.69, 9.17) is 11.5 Å². The van der Waals surface area contributed by atoms with Gasteiger partial charge in [0.25, 0.3) is 0 Å². The third-order valence-electron chi connectivity index (χ3n) is 15.5. The summed E-state index contributed by atoms with van der Waals surface area (Å²) in [5, 5.41) is 54.7. The third-order valence-corrected chi connectivity index (χ3v) is 15.5. The molecule has 2 aliphatic rings. The standard InChI is InChI=1S/C63H80N10O15/c1-36(2)27-48(69-55(79)43(28-38-13-6-4-7-14-38)32-53(77)45(64)29-40-20-22-44(76)23-21-40)62(86)72-26-12-19-51(72)59(83)70-49(34-74)58(82)67-46(24-25-54(65)78)56(80)68-47(30-39-15-8-5-9-16-39)57(81)66-37(3)61(85)73-33-42-18-11-10-17-41(42)31-52(73)60(84)71-50(35-75)63(87)88/h4-11,13-18,20-23,36-37,43,45-52,74-76H,12,19,24-35,64H2,1-3H3,(H2,65,78)(H,66,81)(H,67,82)(H,68,80)(H,69,79)(H,70,83)(H,71,84)(H,87,88)/t37-,43-,45-,46+,47+,48+,49-,50+,51+,52+/m1/s1. The zero-order valence-corrected chi connectivity index (χ0v) is 49.5. The second kappa shape index (κ2) is 32.6. The second-order valence-electron chi connectivity index (χ2n) is 22.7. The molecule has 0 radical (unpaired) electrons. The summed E-state index contributed by atoms with van der Waals surface area (Å²) in [5.74, 6) is -10.5. The van der Waals surface area contributed by atoms with E-state index in [1.165, 1.54) is 28.9 Å². The summed E-state index contributed by atoms with van der Waals surface area (Å²) in [5.41, 5.74) is 15.2. The Morgan fingerprint density at radius 3 is 1.70 bits per heavy atom. The zero-order chi connectivity index (χ0) is 64.2. The Morgan fingerprint density at radius 2 is 1.10 bits per heavy atom. The van der Waals surface area contributed by atoms with Gasteiger partial charge in [0.05, 0.1) is 19.3 Å². The quantitative estimate of drug-likeness (QED) is 0.0304. The first-order chi connectivity index (χ1) is 42.0. The van der Waals surface area contributed by atoms with Crippen molar-refractivity contribution in [2.45, 2.75) is 146 Å². The van der Waals surface area contributed by atoms with Crippen LogP contribution in [0, 0.1) is 11.8 Å². The molecule has 472 valence electrons. The smallest absolute Gasteiger partial charge is 0.328 e. The van der Waals surface area contributed by atoms with Crippen LogP contribution in [0.2, 0.25) is 0 Å². The molecule has 2 aliphatic heterocycles. The minimum atomic E-state index is -1.74. The predicted octanol–water partition coefficient (Wildman–Crippen LogP) is -0.423. The fourth-order valence-corrected chi connectivity index (χ4v) is 10.7. The Balaban J connectivity index is 1.14. The number of aliphatic hydroxyl groups excluding tert-OH is 2. The number of nitrogens with two attached hydrogens (primary N) is 2. The van der Waals surface area contributed by atoms with Crippen LogP contribution in [-0.2, 0) is 85.0 Å². The number of phenols is 1. The van der Waals surface area contributed by atoms with Crippen LogP contribution in [0.15, 0.2) is 109 Å². The van der Waals surface area contributed by atoms with E-state index in [9.17, 15) is 73.2 Å². The number of carboxylic acids is 1. The molecule has 25 nitrogen and oxygen atoms in total. The van der Waals surface area contributed by atoms with Crippen LogP contribution < -0.4 is 43.4 Å². The highest BCUT2D eigenvalue weighted by Crippen LogP contribution is 2.26. The molecule has 88 heavy (non-hydrogen) atoms. The number of rotatable bonds is 31. The molecule has 14 N–H and O–H groups in total. The van der Waals surface area contributed by atoms with Gasteiger partial charge in [-0.3, -0.25) is 47.9 Å². The number of hydrogen-bond acceptors (Lipinski definition) is 15. The molecule has 1 fully saturated rings. The molecule has 4 aromatic rings. The number of aliphatic carboxylic acids is 1. The molecule has 0 saturated carbocycles. The van der Waals surface area contributed by atoms with Crippen LogP contribution in [0.5, 0.6) is 5.75 Å². The maximum Gasteiger partial charge on any atom is 0.328 e. The Morgan fingerprint density at radius 1 is 0.568 bits per heavy atom. The Hall–Kier alpha value is -9.07. The summed E-state index contributed by atoms with van der Waals surface area (Å²) in [4.78, 5) is 154. The number of amides is 9. The van der Waals surface area contributed by atoms with Gasteiger partial charge in [-0.1, -0.05) is 111 Å². The largest absolute Gasteiger partial charge is 0.508 e. The first-order valence-corrected chi connectivity index (χ1v) is 29.3. The van der Waals surface area contributed by atoms with Gasteiger partial charge in [0, 0.05) is 44.7 Å². The second-order valence-corrected chi connectivity index (χ2v) is 22.7. The van der Waals surface area contributed by atoms with Crippen molar-refractivity contribution in [2.75, 3.05) is 19.8 Å². The number of carbonyl (C=O) groups is 11. The first-order valence-electron chi connectivity index (χ1n) is 29.3. The fourth-order valence-electron chi connectivity index (χ4n) is 10.7. The molecule has 9 amide bonds.